The van der Waals surface area contributed by atoms with Crippen molar-refractivity contribution in [3.63, 3.8) is 0 Å². The standard InChI is InChI=1S/C18H26N2O/c1-14(2)8-10-19-11-9-16-17(19)12-18(21)20(16)13-15-6-4-3-5-7-15/h3-7,14,16-17H,8-13H2,1-2H3/t16-,17-/m0/s1. The summed E-state index contributed by atoms with van der Waals surface area (Å²) in [6.07, 6.45) is 3.09. The van der Waals surface area contributed by atoms with Crippen LogP contribution in [0.1, 0.15) is 38.7 Å². The molecule has 1 aromatic rings. The molecule has 114 valence electrons. The van der Waals surface area contributed by atoms with Gasteiger partial charge >= 0.3 is 0 Å². The monoisotopic (exact) mass is 286 g/mol. The molecule has 0 aliphatic carbocycles. The van der Waals surface area contributed by atoms with E-state index in [1.54, 1.807) is 0 Å². The second-order valence-corrected chi connectivity index (χ2v) is 6.85. The lowest BCUT2D eigenvalue weighted by atomic mass is 10.1. The lowest BCUT2D eigenvalue weighted by molar-refractivity contribution is -0.129. The second-order valence-electron chi connectivity index (χ2n) is 6.85. The van der Waals surface area contributed by atoms with Crippen LogP contribution in [-0.4, -0.2) is 40.9 Å². The molecule has 2 fully saturated rings. The molecule has 0 bridgehead atoms. The number of rotatable bonds is 5. The minimum absolute atomic E-state index is 0.336. The molecule has 2 aliphatic rings. The third kappa shape index (κ3) is 3.13. The van der Waals surface area contributed by atoms with E-state index in [1.165, 1.54) is 12.0 Å². The van der Waals surface area contributed by atoms with Gasteiger partial charge in [0.05, 0.1) is 0 Å². The van der Waals surface area contributed by atoms with Crippen LogP contribution < -0.4 is 0 Å². The lowest BCUT2D eigenvalue weighted by Crippen LogP contribution is -2.37. The Morgan fingerprint density at radius 2 is 1.95 bits per heavy atom. The maximum absolute atomic E-state index is 12.4. The van der Waals surface area contributed by atoms with E-state index in [9.17, 15) is 4.79 Å². The molecule has 0 spiro atoms. The number of benzene rings is 1. The Hall–Kier alpha value is -1.35. The number of carbonyl (C=O) groups is 1. The molecule has 1 aromatic carbocycles. The predicted molar refractivity (Wildman–Crippen MR) is 84.8 cm³/mol. The fourth-order valence-corrected chi connectivity index (χ4v) is 3.70. The summed E-state index contributed by atoms with van der Waals surface area (Å²) in [6.45, 7) is 7.62. The third-order valence-electron chi connectivity index (χ3n) is 4.92. The number of hydrogen-bond donors (Lipinski definition) is 0. The summed E-state index contributed by atoms with van der Waals surface area (Å²) in [4.78, 5) is 17.0. The number of amides is 1. The quantitative estimate of drug-likeness (QED) is 0.831. The smallest absolute Gasteiger partial charge is 0.224 e. The summed E-state index contributed by atoms with van der Waals surface area (Å²) < 4.78 is 0. The van der Waals surface area contributed by atoms with Crippen molar-refractivity contribution >= 4 is 5.91 Å². The molecule has 3 nitrogen and oxygen atoms in total. The fraction of sp³-hybridized carbons (Fsp3) is 0.611. The SMILES string of the molecule is CC(C)CCN1CC[C@H]2[C@@H]1CC(=O)N2Cc1ccccc1. The molecule has 3 rings (SSSR count). The molecule has 2 atom stereocenters. The molecular weight excluding hydrogens is 260 g/mol. The zero-order chi connectivity index (χ0) is 14.8. The molecule has 21 heavy (non-hydrogen) atoms. The van der Waals surface area contributed by atoms with Gasteiger partial charge in [-0.3, -0.25) is 9.69 Å². The number of nitrogens with zero attached hydrogens (tertiary/aromatic N) is 2. The molecule has 0 aromatic heterocycles. The summed E-state index contributed by atoms with van der Waals surface area (Å²) in [5.41, 5.74) is 1.24. The molecule has 0 N–H and O–H groups in total. The van der Waals surface area contributed by atoms with Crippen molar-refractivity contribution in [2.24, 2.45) is 5.92 Å². The highest BCUT2D eigenvalue weighted by Crippen LogP contribution is 2.33. The summed E-state index contributed by atoms with van der Waals surface area (Å²) in [5, 5.41) is 0. The van der Waals surface area contributed by atoms with Gasteiger partial charge in [-0.05, 0) is 30.9 Å². The number of hydrogen-bond acceptors (Lipinski definition) is 2. The fourth-order valence-electron chi connectivity index (χ4n) is 3.70. The van der Waals surface area contributed by atoms with Crippen LogP contribution in [0, 0.1) is 5.92 Å². The van der Waals surface area contributed by atoms with Crippen molar-refractivity contribution in [2.45, 2.75) is 51.7 Å². The molecule has 0 saturated carbocycles. The van der Waals surface area contributed by atoms with Gasteiger partial charge in [0.25, 0.3) is 0 Å². The third-order valence-corrected chi connectivity index (χ3v) is 4.92. The molecule has 0 unspecified atom stereocenters. The Bertz CT molecular complexity index is 485. The molecule has 2 saturated heterocycles. The maximum atomic E-state index is 12.4. The van der Waals surface area contributed by atoms with E-state index < -0.39 is 0 Å². The van der Waals surface area contributed by atoms with Gasteiger partial charge in [0.1, 0.15) is 0 Å². The summed E-state index contributed by atoms with van der Waals surface area (Å²) in [7, 11) is 0. The van der Waals surface area contributed by atoms with Gasteiger partial charge in [-0.15, -0.1) is 0 Å². The second kappa shape index (κ2) is 6.18. The van der Waals surface area contributed by atoms with Crippen molar-refractivity contribution in [1.82, 2.24) is 9.80 Å². The molecular formula is C18H26N2O. The summed E-state index contributed by atoms with van der Waals surface area (Å²) >= 11 is 0. The highest BCUT2D eigenvalue weighted by Gasteiger charge is 2.46. The van der Waals surface area contributed by atoms with Gasteiger partial charge in [0.15, 0.2) is 0 Å². The largest absolute Gasteiger partial charge is 0.334 e. The Balaban J connectivity index is 1.65. The predicted octanol–water partition coefficient (Wildman–Crippen LogP) is 2.91. The summed E-state index contributed by atoms with van der Waals surface area (Å²) in [5.74, 6) is 1.07. The lowest BCUT2D eigenvalue weighted by Gasteiger charge is -2.26. The van der Waals surface area contributed by atoms with Crippen molar-refractivity contribution in [3.05, 3.63) is 35.9 Å². The topological polar surface area (TPSA) is 23.6 Å². The molecule has 2 aliphatic heterocycles. The van der Waals surface area contributed by atoms with E-state index >= 15 is 0 Å². The average molecular weight is 286 g/mol. The van der Waals surface area contributed by atoms with Gasteiger partial charge in [-0.2, -0.15) is 0 Å². The van der Waals surface area contributed by atoms with Crippen LogP contribution in [0.3, 0.4) is 0 Å². The van der Waals surface area contributed by atoms with Crippen LogP contribution in [0.4, 0.5) is 0 Å². The minimum atomic E-state index is 0.336. The van der Waals surface area contributed by atoms with E-state index in [4.69, 9.17) is 0 Å². The maximum Gasteiger partial charge on any atom is 0.224 e. The number of likely N-dealkylation sites (tertiary alicyclic amines) is 2. The van der Waals surface area contributed by atoms with Crippen LogP contribution in [0.25, 0.3) is 0 Å². The van der Waals surface area contributed by atoms with Gasteiger partial charge in [0, 0.05) is 31.6 Å². The van der Waals surface area contributed by atoms with Crippen LogP contribution >= 0.6 is 0 Å². The van der Waals surface area contributed by atoms with Crippen LogP contribution in [0.5, 0.6) is 0 Å². The first-order valence-electron chi connectivity index (χ1n) is 8.22. The van der Waals surface area contributed by atoms with E-state index in [-0.39, 0.29) is 0 Å². The van der Waals surface area contributed by atoms with E-state index in [0.717, 1.165) is 38.4 Å². The normalized spacial score (nSPS) is 25.9. The molecule has 2 heterocycles. The van der Waals surface area contributed by atoms with Crippen molar-refractivity contribution < 1.29 is 4.79 Å². The van der Waals surface area contributed by atoms with E-state index in [1.807, 2.05) is 6.07 Å². The van der Waals surface area contributed by atoms with Crippen LogP contribution in [0.2, 0.25) is 0 Å². The number of carbonyl (C=O) groups excluding carboxylic acids is 1. The van der Waals surface area contributed by atoms with Gasteiger partial charge in [0.2, 0.25) is 5.91 Å². The van der Waals surface area contributed by atoms with Crippen LogP contribution in [-0.2, 0) is 11.3 Å². The van der Waals surface area contributed by atoms with Gasteiger partial charge < -0.3 is 4.90 Å². The van der Waals surface area contributed by atoms with Gasteiger partial charge in [-0.1, -0.05) is 44.2 Å². The first-order valence-corrected chi connectivity index (χ1v) is 8.22. The van der Waals surface area contributed by atoms with Crippen LogP contribution in [0.15, 0.2) is 30.3 Å². The Morgan fingerprint density at radius 1 is 1.19 bits per heavy atom. The Labute approximate surface area is 127 Å². The Kier molecular flexibility index (Phi) is 4.29. The number of fused-ring (bicyclic) bond motifs is 1. The highest BCUT2D eigenvalue weighted by atomic mass is 16.2. The van der Waals surface area contributed by atoms with E-state index in [0.29, 0.717) is 18.0 Å². The molecule has 0 radical (unpaired) electrons. The first-order chi connectivity index (χ1) is 10.1. The van der Waals surface area contributed by atoms with Crippen molar-refractivity contribution in [3.8, 4) is 0 Å². The zero-order valence-corrected chi connectivity index (χ0v) is 13.2. The highest BCUT2D eigenvalue weighted by molar-refractivity contribution is 5.80. The van der Waals surface area contributed by atoms with E-state index in [2.05, 4.69) is 47.9 Å². The Morgan fingerprint density at radius 3 is 2.67 bits per heavy atom. The van der Waals surface area contributed by atoms with Gasteiger partial charge in [-0.25, -0.2) is 0 Å². The summed E-state index contributed by atoms with van der Waals surface area (Å²) in [6, 6.07) is 11.3. The average Bonchev–Trinajstić information content (AvgIpc) is 2.98. The minimum Gasteiger partial charge on any atom is -0.334 e. The molecule has 3 heteroatoms. The van der Waals surface area contributed by atoms with Crippen molar-refractivity contribution in [1.29, 1.82) is 0 Å². The first kappa shape index (κ1) is 14.6. The zero-order valence-electron chi connectivity index (χ0n) is 13.2. The van der Waals surface area contributed by atoms with Crippen molar-refractivity contribution in [2.75, 3.05) is 13.1 Å². The molecule has 1 amide bonds.